The van der Waals surface area contributed by atoms with E-state index in [1.807, 2.05) is 0 Å². The zero-order chi connectivity index (χ0) is 14.7. The summed E-state index contributed by atoms with van der Waals surface area (Å²) >= 11 is 0. The van der Waals surface area contributed by atoms with Crippen molar-refractivity contribution in [3.8, 4) is 0 Å². The number of likely N-dealkylation sites (N-methyl/N-ethyl adjacent to an activating group) is 1. The second-order valence-electron chi connectivity index (χ2n) is 4.98. The molecule has 1 atom stereocenters. The van der Waals surface area contributed by atoms with Crippen molar-refractivity contribution in [1.29, 1.82) is 0 Å². The number of aliphatic hydroxyl groups is 1. The average molecular weight is 288 g/mol. The molecular weight excluding hydrogens is 268 g/mol. The van der Waals surface area contributed by atoms with Gasteiger partial charge in [-0.3, -0.25) is 0 Å². The fourth-order valence-electron chi connectivity index (χ4n) is 1.62. The Bertz CT molecular complexity index is 511. The van der Waals surface area contributed by atoms with Gasteiger partial charge in [0.1, 0.15) is 10.7 Å². The first-order chi connectivity index (χ1) is 8.62. The maximum absolute atomic E-state index is 12.0. The molecule has 0 fully saturated rings. The van der Waals surface area contributed by atoms with Gasteiger partial charge in [0.25, 0.3) is 0 Å². The fourth-order valence-corrected chi connectivity index (χ4v) is 2.73. The Morgan fingerprint density at radius 3 is 2.58 bits per heavy atom. The Hall–Kier alpha value is -1.22. The van der Waals surface area contributed by atoms with Gasteiger partial charge < -0.3 is 15.7 Å². The Labute approximate surface area is 113 Å². The second-order valence-corrected chi connectivity index (χ2v) is 6.74. The predicted octanol–water partition coefficient (Wildman–Crippen LogP) is -0.745. The van der Waals surface area contributed by atoms with Crippen LogP contribution in [0, 0.1) is 0 Å². The number of sulfonamides is 1. The molecule has 1 aromatic heterocycles. The molecule has 108 valence electrons. The van der Waals surface area contributed by atoms with Crippen LogP contribution in [0.5, 0.6) is 0 Å². The zero-order valence-corrected chi connectivity index (χ0v) is 12.1. The van der Waals surface area contributed by atoms with Crippen LogP contribution in [0.4, 0.5) is 5.82 Å². The van der Waals surface area contributed by atoms with E-state index in [0.29, 0.717) is 6.54 Å². The van der Waals surface area contributed by atoms with E-state index in [9.17, 15) is 13.5 Å². The zero-order valence-electron chi connectivity index (χ0n) is 11.3. The highest BCUT2D eigenvalue weighted by molar-refractivity contribution is 7.89. The first kappa shape index (κ1) is 15.8. The van der Waals surface area contributed by atoms with E-state index in [2.05, 4.69) is 9.71 Å². The summed E-state index contributed by atoms with van der Waals surface area (Å²) in [6.45, 7) is 1.82. The van der Waals surface area contributed by atoms with Crippen LogP contribution >= 0.6 is 0 Å². The lowest BCUT2D eigenvalue weighted by molar-refractivity contribution is 0.0386. The molecule has 1 heterocycles. The molecule has 0 bridgehead atoms. The molecule has 1 aromatic rings. The van der Waals surface area contributed by atoms with Crippen molar-refractivity contribution in [3.05, 3.63) is 18.3 Å². The Morgan fingerprint density at radius 2 is 2.11 bits per heavy atom. The van der Waals surface area contributed by atoms with Crippen LogP contribution < -0.4 is 10.5 Å². The molecule has 0 aliphatic heterocycles. The fraction of sp³-hybridized carbons (Fsp3) is 0.545. The number of nitrogens with one attached hydrogen (secondary N) is 1. The van der Waals surface area contributed by atoms with Gasteiger partial charge in [0.15, 0.2) is 0 Å². The molecule has 1 rings (SSSR count). The highest BCUT2D eigenvalue weighted by atomic mass is 32.2. The summed E-state index contributed by atoms with van der Waals surface area (Å²) in [6, 6.07) is 2.78. The second kappa shape index (κ2) is 5.83. The largest absolute Gasteiger partial charge is 0.387 e. The Morgan fingerprint density at radius 1 is 1.47 bits per heavy atom. The quantitative estimate of drug-likeness (QED) is 0.636. The van der Waals surface area contributed by atoms with Gasteiger partial charge in [-0.1, -0.05) is 0 Å². The minimum Gasteiger partial charge on any atom is -0.387 e. The highest BCUT2D eigenvalue weighted by Gasteiger charge is 2.25. The lowest BCUT2D eigenvalue weighted by Crippen LogP contribution is -2.47. The van der Waals surface area contributed by atoms with Crippen LogP contribution in [0.15, 0.2) is 23.2 Å². The van der Waals surface area contributed by atoms with Gasteiger partial charge in [0.05, 0.1) is 5.60 Å². The number of nitrogens with zero attached hydrogens (tertiary/aromatic N) is 2. The molecule has 0 saturated carbocycles. The van der Waals surface area contributed by atoms with E-state index in [1.165, 1.54) is 18.3 Å². The summed E-state index contributed by atoms with van der Waals surface area (Å²) in [5.41, 5.74) is 4.24. The molecule has 7 nitrogen and oxygen atoms in total. The van der Waals surface area contributed by atoms with Crippen LogP contribution in [0.1, 0.15) is 6.92 Å². The molecule has 0 aromatic carbocycles. The number of aromatic nitrogens is 1. The van der Waals surface area contributed by atoms with Gasteiger partial charge in [0.2, 0.25) is 10.0 Å². The third kappa shape index (κ3) is 5.11. The summed E-state index contributed by atoms with van der Waals surface area (Å²) in [7, 11) is -0.0956. The minimum atomic E-state index is -3.69. The maximum atomic E-state index is 12.0. The lowest BCUT2D eigenvalue weighted by Gasteiger charge is -2.26. The summed E-state index contributed by atoms with van der Waals surface area (Å²) < 4.78 is 26.3. The van der Waals surface area contributed by atoms with Crippen molar-refractivity contribution in [2.75, 3.05) is 32.9 Å². The van der Waals surface area contributed by atoms with Crippen molar-refractivity contribution in [3.63, 3.8) is 0 Å². The van der Waals surface area contributed by atoms with Crippen LogP contribution in [-0.4, -0.2) is 56.2 Å². The molecular formula is C11H20N4O3S. The van der Waals surface area contributed by atoms with Crippen LogP contribution in [0.25, 0.3) is 0 Å². The predicted molar refractivity (Wildman–Crippen MR) is 73.0 cm³/mol. The molecule has 0 saturated heterocycles. The summed E-state index contributed by atoms with van der Waals surface area (Å²) in [6.07, 6.45) is 1.18. The van der Waals surface area contributed by atoms with Crippen molar-refractivity contribution >= 4 is 15.8 Å². The van der Waals surface area contributed by atoms with Crippen molar-refractivity contribution in [1.82, 2.24) is 14.6 Å². The van der Waals surface area contributed by atoms with Crippen LogP contribution in [0.3, 0.4) is 0 Å². The first-order valence-corrected chi connectivity index (χ1v) is 7.19. The molecule has 4 N–H and O–H groups in total. The molecule has 0 amide bonds. The van der Waals surface area contributed by atoms with Gasteiger partial charge in [-0.05, 0) is 33.2 Å². The molecule has 1 unspecified atom stereocenters. The number of hydrogen-bond acceptors (Lipinski definition) is 6. The van der Waals surface area contributed by atoms with Gasteiger partial charge >= 0.3 is 0 Å². The summed E-state index contributed by atoms with van der Waals surface area (Å²) in [5.74, 6) is 0.249. The average Bonchev–Trinajstić information content (AvgIpc) is 2.26. The van der Waals surface area contributed by atoms with E-state index in [4.69, 9.17) is 5.73 Å². The van der Waals surface area contributed by atoms with E-state index in [-0.39, 0.29) is 17.3 Å². The SMILES string of the molecule is CN(C)CC(C)(O)CNS(=O)(=O)c1ccc(N)nc1. The maximum Gasteiger partial charge on any atom is 0.242 e. The van der Waals surface area contributed by atoms with E-state index in [0.717, 1.165) is 0 Å². The lowest BCUT2D eigenvalue weighted by atomic mass is 10.1. The molecule has 19 heavy (non-hydrogen) atoms. The third-order valence-corrected chi connectivity index (χ3v) is 3.76. The highest BCUT2D eigenvalue weighted by Crippen LogP contribution is 2.10. The Balaban J connectivity index is 2.73. The van der Waals surface area contributed by atoms with Gasteiger partial charge in [-0.2, -0.15) is 0 Å². The molecule has 8 heteroatoms. The molecule has 0 radical (unpaired) electrons. The smallest absolute Gasteiger partial charge is 0.242 e. The number of nitrogen functional groups attached to an aromatic ring is 1. The number of rotatable bonds is 6. The summed E-state index contributed by atoms with van der Waals surface area (Å²) in [4.78, 5) is 5.52. The van der Waals surface area contributed by atoms with E-state index >= 15 is 0 Å². The van der Waals surface area contributed by atoms with E-state index in [1.54, 1.807) is 25.9 Å². The monoisotopic (exact) mass is 288 g/mol. The van der Waals surface area contributed by atoms with Gasteiger partial charge in [0, 0.05) is 19.3 Å². The normalized spacial score (nSPS) is 15.4. The topological polar surface area (TPSA) is 109 Å². The van der Waals surface area contributed by atoms with Crippen molar-refractivity contribution in [2.24, 2.45) is 0 Å². The number of pyridine rings is 1. The minimum absolute atomic E-state index is 0.0161. The molecule has 0 aliphatic carbocycles. The molecule has 0 aliphatic rings. The van der Waals surface area contributed by atoms with E-state index < -0.39 is 15.6 Å². The standard InChI is InChI=1S/C11H20N4O3S/c1-11(16,8-15(2)3)7-14-19(17,18)9-4-5-10(12)13-6-9/h4-6,14,16H,7-8H2,1-3H3,(H2,12,13). The number of nitrogens with two attached hydrogens (primary N) is 1. The first-order valence-electron chi connectivity index (χ1n) is 5.71. The number of hydrogen-bond donors (Lipinski definition) is 3. The van der Waals surface area contributed by atoms with Crippen LogP contribution in [0.2, 0.25) is 0 Å². The Kier molecular flexibility index (Phi) is 4.86. The van der Waals surface area contributed by atoms with Crippen LogP contribution in [-0.2, 0) is 10.0 Å². The third-order valence-electron chi connectivity index (χ3n) is 2.37. The molecule has 0 spiro atoms. The summed E-state index contributed by atoms with van der Waals surface area (Å²) in [5, 5.41) is 10.0. The van der Waals surface area contributed by atoms with Gasteiger partial charge in [-0.25, -0.2) is 18.1 Å². The van der Waals surface area contributed by atoms with Crippen molar-refractivity contribution < 1.29 is 13.5 Å². The number of anilines is 1. The van der Waals surface area contributed by atoms with Gasteiger partial charge in [-0.15, -0.1) is 0 Å². The van der Waals surface area contributed by atoms with Crippen molar-refractivity contribution in [2.45, 2.75) is 17.4 Å².